The van der Waals surface area contributed by atoms with Gasteiger partial charge in [0.25, 0.3) is 0 Å². The molecule has 0 saturated carbocycles. The molecule has 11 heteroatoms. The number of aromatic nitrogens is 3. The first kappa shape index (κ1) is 25.8. The van der Waals surface area contributed by atoms with E-state index in [1.165, 1.54) is 11.8 Å². The summed E-state index contributed by atoms with van der Waals surface area (Å²) in [6.45, 7) is 6.65. The van der Waals surface area contributed by atoms with Crippen LogP contribution in [0.1, 0.15) is 12.7 Å². The second-order valence-corrected chi connectivity index (χ2v) is 9.15. The van der Waals surface area contributed by atoms with Crippen molar-refractivity contribution in [2.45, 2.75) is 25.0 Å². The lowest BCUT2D eigenvalue weighted by Gasteiger charge is -2.09. The number of halogens is 2. The van der Waals surface area contributed by atoms with Gasteiger partial charge in [-0.3, -0.25) is 9.59 Å². The number of ether oxygens (including phenoxy) is 1. The summed E-state index contributed by atoms with van der Waals surface area (Å²) in [6.07, 6.45) is 1.71. The summed E-state index contributed by atoms with van der Waals surface area (Å²) in [6, 6.07) is 12.3. The molecule has 8 nitrogen and oxygen atoms in total. The summed E-state index contributed by atoms with van der Waals surface area (Å²) in [5.74, 6) is 0.877. The Morgan fingerprint density at radius 3 is 2.53 bits per heavy atom. The van der Waals surface area contributed by atoms with E-state index in [0.29, 0.717) is 40.5 Å². The van der Waals surface area contributed by atoms with Crippen LogP contribution >= 0.6 is 39.3 Å². The van der Waals surface area contributed by atoms with E-state index >= 15 is 0 Å². The molecule has 2 amide bonds. The maximum absolute atomic E-state index is 12.5. The molecule has 0 aliphatic rings. The molecule has 1 heterocycles. The number of rotatable bonds is 11. The zero-order valence-corrected chi connectivity index (χ0v) is 21.5. The molecule has 0 unspecified atom stereocenters. The van der Waals surface area contributed by atoms with Crippen LogP contribution in [-0.4, -0.2) is 38.9 Å². The fourth-order valence-corrected chi connectivity index (χ4v) is 4.11. The van der Waals surface area contributed by atoms with Gasteiger partial charge in [-0.25, -0.2) is 0 Å². The molecule has 0 radical (unpaired) electrons. The number of hydrogen-bond donors (Lipinski definition) is 2. The highest BCUT2D eigenvalue weighted by Crippen LogP contribution is 2.26. The minimum Gasteiger partial charge on any atom is -0.494 e. The molecule has 178 valence electrons. The van der Waals surface area contributed by atoms with Gasteiger partial charge in [-0.15, -0.1) is 16.8 Å². The van der Waals surface area contributed by atoms with Crippen molar-refractivity contribution in [3.8, 4) is 5.75 Å². The molecule has 0 aliphatic carbocycles. The predicted molar refractivity (Wildman–Crippen MR) is 139 cm³/mol. The van der Waals surface area contributed by atoms with E-state index in [1.54, 1.807) is 53.1 Å². The molecule has 2 aromatic carbocycles. The highest BCUT2D eigenvalue weighted by molar-refractivity contribution is 9.10. The lowest BCUT2D eigenvalue weighted by Crippen LogP contribution is -2.18. The number of anilines is 2. The summed E-state index contributed by atoms with van der Waals surface area (Å²) in [4.78, 5) is 24.9. The number of hydrogen-bond acceptors (Lipinski definition) is 6. The Hall–Kier alpha value is -2.82. The highest BCUT2D eigenvalue weighted by Gasteiger charge is 2.16. The number of carbonyl (C=O) groups excluding carboxylic acids is 2. The number of nitrogens with zero attached hydrogens (tertiary/aromatic N) is 3. The number of thioether (sulfide) groups is 1. The minimum atomic E-state index is -0.233. The molecular formula is C23H23BrClN5O3S. The summed E-state index contributed by atoms with van der Waals surface area (Å²) < 4.78 is 7.92. The quantitative estimate of drug-likeness (QED) is 0.246. The predicted octanol–water partition coefficient (Wildman–Crippen LogP) is 5.19. The van der Waals surface area contributed by atoms with Gasteiger partial charge in [0.15, 0.2) is 5.16 Å². The largest absolute Gasteiger partial charge is 0.494 e. The molecule has 0 aliphatic heterocycles. The fraction of sp³-hybridized carbons (Fsp3) is 0.217. The standard InChI is InChI=1S/C23H23BrClN5O3S/c1-3-11-30-20(13-21(31)26-15-5-8-17(9-6-15)33-4-2)28-29-23(30)34-14-22(32)27-16-7-10-18(24)19(25)12-16/h3,5-10,12H,1,4,11,13-14H2,2H3,(H,26,31)(H,27,32). The second-order valence-electron chi connectivity index (χ2n) is 6.95. The van der Waals surface area contributed by atoms with Crippen LogP contribution in [0.25, 0.3) is 0 Å². The van der Waals surface area contributed by atoms with Crippen LogP contribution in [0.5, 0.6) is 5.75 Å². The molecule has 0 saturated heterocycles. The Labute approximate surface area is 215 Å². The maximum Gasteiger partial charge on any atom is 0.234 e. The van der Waals surface area contributed by atoms with Gasteiger partial charge in [-0.1, -0.05) is 29.4 Å². The Morgan fingerprint density at radius 1 is 1.15 bits per heavy atom. The first-order valence-electron chi connectivity index (χ1n) is 10.3. The van der Waals surface area contributed by atoms with Gasteiger partial charge < -0.3 is 19.9 Å². The van der Waals surface area contributed by atoms with Crippen LogP contribution in [-0.2, 0) is 22.6 Å². The van der Waals surface area contributed by atoms with Crippen LogP contribution in [0, 0.1) is 0 Å². The van der Waals surface area contributed by atoms with Crippen molar-refractivity contribution in [3.63, 3.8) is 0 Å². The van der Waals surface area contributed by atoms with Crippen molar-refractivity contribution < 1.29 is 14.3 Å². The SMILES string of the molecule is C=CCn1c(CC(=O)Nc2ccc(OCC)cc2)nnc1SCC(=O)Nc1ccc(Br)c(Cl)c1. The van der Waals surface area contributed by atoms with Crippen molar-refractivity contribution in [2.75, 3.05) is 23.0 Å². The van der Waals surface area contributed by atoms with Crippen LogP contribution < -0.4 is 15.4 Å². The van der Waals surface area contributed by atoms with Gasteiger partial charge in [0, 0.05) is 22.4 Å². The summed E-state index contributed by atoms with van der Waals surface area (Å²) >= 11 is 10.6. The van der Waals surface area contributed by atoms with Crippen molar-refractivity contribution in [1.82, 2.24) is 14.8 Å². The average Bonchev–Trinajstić information content (AvgIpc) is 3.17. The van der Waals surface area contributed by atoms with Gasteiger partial charge in [-0.05, 0) is 65.3 Å². The van der Waals surface area contributed by atoms with E-state index in [2.05, 4.69) is 43.3 Å². The van der Waals surface area contributed by atoms with Crippen LogP contribution in [0.4, 0.5) is 11.4 Å². The second kappa shape index (κ2) is 12.6. The first-order valence-corrected chi connectivity index (χ1v) is 12.5. The third-order valence-corrected chi connectivity index (χ3v) is 6.61. The van der Waals surface area contributed by atoms with E-state index in [1.807, 2.05) is 6.92 Å². The van der Waals surface area contributed by atoms with Crippen molar-refractivity contribution >= 4 is 62.5 Å². The van der Waals surface area contributed by atoms with Gasteiger partial charge in [-0.2, -0.15) is 0 Å². The lowest BCUT2D eigenvalue weighted by atomic mass is 10.3. The van der Waals surface area contributed by atoms with E-state index in [-0.39, 0.29) is 24.0 Å². The van der Waals surface area contributed by atoms with Crippen molar-refractivity contribution in [3.05, 3.63) is 70.4 Å². The van der Waals surface area contributed by atoms with Gasteiger partial charge >= 0.3 is 0 Å². The molecule has 0 spiro atoms. The van der Waals surface area contributed by atoms with E-state index in [9.17, 15) is 9.59 Å². The number of amides is 2. The van der Waals surface area contributed by atoms with E-state index in [4.69, 9.17) is 16.3 Å². The molecule has 3 aromatic rings. The van der Waals surface area contributed by atoms with Gasteiger partial charge in [0.2, 0.25) is 11.8 Å². The van der Waals surface area contributed by atoms with E-state index < -0.39 is 0 Å². The third-order valence-electron chi connectivity index (χ3n) is 4.41. The maximum atomic E-state index is 12.5. The average molecular weight is 565 g/mol. The molecule has 3 rings (SSSR count). The zero-order valence-electron chi connectivity index (χ0n) is 18.4. The zero-order chi connectivity index (χ0) is 24.5. The van der Waals surface area contributed by atoms with Crippen molar-refractivity contribution in [1.29, 1.82) is 0 Å². The molecule has 34 heavy (non-hydrogen) atoms. The highest BCUT2D eigenvalue weighted by atomic mass is 79.9. The Bertz CT molecular complexity index is 1170. The van der Waals surface area contributed by atoms with Crippen LogP contribution in [0.15, 0.2) is 64.7 Å². The Balaban J connectivity index is 1.59. The molecule has 2 N–H and O–H groups in total. The summed E-state index contributed by atoms with van der Waals surface area (Å²) in [7, 11) is 0. The normalized spacial score (nSPS) is 10.6. The smallest absolute Gasteiger partial charge is 0.234 e. The van der Waals surface area contributed by atoms with Gasteiger partial charge in [0.1, 0.15) is 11.6 Å². The number of carbonyl (C=O) groups is 2. The Morgan fingerprint density at radius 2 is 1.85 bits per heavy atom. The first-order chi connectivity index (χ1) is 16.4. The van der Waals surface area contributed by atoms with Crippen LogP contribution in [0.3, 0.4) is 0 Å². The van der Waals surface area contributed by atoms with Gasteiger partial charge in [0.05, 0.1) is 23.8 Å². The number of benzene rings is 2. The van der Waals surface area contributed by atoms with Crippen molar-refractivity contribution in [2.24, 2.45) is 0 Å². The molecule has 1 aromatic heterocycles. The fourth-order valence-electron chi connectivity index (χ4n) is 2.92. The minimum absolute atomic E-state index is 0.0260. The summed E-state index contributed by atoms with van der Waals surface area (Å²) in [5, 5.41) is 15.0. The lowest BCUT2D eigenvalue weighted by molar-refractivity contribution is -0.116. The Kier molecular flexibility index (Phi) is 9.55. The number of allylic oxidation sites excluding steroid dienone is 1. The molecule has 0 bridgehead atoms. The summed E-state index contributed by atoms with van der Waals surface area (Å²) in [5.41, 5.74) is 1.25. The number of nitrogens with one attached hydrogen (secondary N) is 2. The molecule has 0 atom stereocenters. The monoisotopic (exact) mass is 563 g/mol. The third kappa shape index (κ3) is 7.34. The topological polar surface area (TPSA) is 98.1 Å². The molecular weight excluding hydrogens is 542 g/mol. The van der Waals surface area contributed by atoms with E-state index in [0.717, 1.165) is 10.2 Å². The van der Waals surface area contributed by atoms with Crippen LogP contribution in [0.2, 0.25) is 5.02 Å². The molecule has 0 fully saturated rings.